The smallest absolute Gasteiger partial charge is 0.231 e. The molecular weight excluding hydrogens is 188 g/mol. The fourth-order valence-corrected chi connectivity index (χ4v) is 2.15. The van der Waals surface area contributed by atoms with E-state index in [1.165, 1.54) is 0 Å². The molecule has 2 rings (SSSR count). The molecule has 80 valence electrons. The SMILES string of the molecule is CNCC(C)N1C(=O)Cc2ccccc21. The highest BCUT2D eigenvalue weighted by Gasteiger charge is 2.29. The van der Waals surface area contributed by atoms with Gasteiger partial charge < -0.3 is 10.2 Å². The zero-order chi connectivity index (χ0) is 10.8. The molecule has 3 nitrogen and oxygen atoms in total. The molecule has 0 saturated heterocycles. The normalized spacial score (nSPS) is 16.7. The Hall–Kier alpha value is -1.35. The van der Waals surface area contributed by atoms with Crippen molar-refractivity contribution in [1.29, 1.82) is 0 Å². The average Bonchev–Trinajstić information content (AvgIpc) is 2.54. The van der Waals surface area contributed by atoms with Crippen LogP contribution in [0.5, 0.6) is 0 Å². The van der Waals surface area contributed by atoms with Gasteiger partial charge in [-0.15, -0.1) is 0 Å². The summed E-state index contributed by atoms with van der Waals surface area (Å²) < 4.78 is 0. The summed E-state index contributed by atoms with van der Waals surface area (Å²) in [6, 6.07) is 8.23. The molecule has 0 aliphatic carbocycles. The number of amides is 1. The van der Waals surface area contributed by atoms with Crippen molar-refractivity contribution in [3.63, 3.8) is 0 Å². The molecule has 1 atom stereocenters. The second kappa shape index (κ2) is 4.03. The van der Waals surface area contributed by atoms with Gasteiger partial charge in [-0.25, -0.2) is 0 Å². The lowest BCUT2D eigenvalue weighted by Crippen LogP contribution is -2.41. The predicted molar refractivity (Wildman–Crippen MR) is 61.0 cm³/mol. The zero-order valence-electron chi connectivity index (χ0n) is 9.16. The number of hydrogen-bond donors (Lipinski definition) is 1. The van der Waals surface area contributed by atoms with E-state index >= 15 is 0 Å². The Kier molecular flexibility index (Phi) is 2.73. The molecule has 1 N–H and O–H groups in total. The van der Waals surface area contributed by atoms with Crippen LogP contribution in [0.1, 0.15) is 12.5 Å². The number of carbonyl (C=O) groups excluding carboxylic acids is 1. The lowest BCUT2D eigenvalue weighted by Gasteiger charge is -2.25. The molecule has 0 radical (unpaired) electrons. The third-order valence-corrected chi connectivity index (χ3v) is 2.80. The van der Waals surface area contributed by atoms with Gasteiger partial charge in [-0.1, -0.05) is 18.2 Å². The van der Waals surface area contributed by atoms with E-state index in [1.54, 1.807) is 0 Å². The summed E-state index contributed by atoms with van der Waals surface area (Å²) in [5.41, 5.74) is 2.22. The minimum Gasteiger partial charge on any atom is -0.318 e. The van der Waals surface area contributed by atoms with E-state index in [-0.39, 0.29) is 11.9 Å². The Balaban J connectivity index is 2.29. The van der Waals surface area contributed by atoms with Crippen molar-refractivity contribution in [1.82, 2.24) is 5.32 Å². The monoisotopic (exact) mass is 204 g/mol. The second-order valence-corrected chi connectivity index (χ2v) is 3.98. The van der Waals surface area contributed by atoms with E-state index in [0.29, 0.717) is 6.42 Å². The fraction of sp³-hybridized carbons (Fsp3) is 0.417. The van der Waals surface area contributed by atoms with E-state index in [2.05, 4.69) is 12.2 Å². The van der Waals surface area contributed by atoms with Crippen LogP contribution in [-0.2, 0) is 11.2 Å². The Morgan fingerprint density at radius 3 is 2.93 bits per heavy atom. The summed E-state index contributed by atoms with van der Waals surface area (Å²) in [6.07, 6.45) is 0.546. The number of rotatable bonds is 3. The number of anilines is 1. The van der Waals surface area contributed by atoms with Crippen molar-refractivity contribution >= 4 is 11.6 Å². The van der Waals surface area contributed by atoms with Crippen molar-refractivity contribution in [2.24, 2.45) is 0 Å². The Bertz CT molecular complexity index is 376. The first-order valence-corrected chi connectivity index (χ1v) is 5.28. The van der Waals surface area contributed by atoms with Gasteiger partial charge in [-0.2, -0.15) is 0 Å². The first kappa shape index (κ1) is 10.2. The second-order valence-electron chi connectivity index (χ2n) is 3.98. The van der Waals surface area contributed by atoms with Gasteiger partial charge in [0.05, 0.1) is 6.42 Å². The number of para-hydroxylation sites is 1. The van der Waals surface area contributed by atoms with E-state index < -0.39 is 0 Å². The molecule has 1 aliphatic rings. The van der Waals surface area contributed by atoms with Crippen LogP contribution >= 0.6 is 0 Å². The predicted octanol–water partition coefficient (Wildman–Crippen LogP) is 1.18. The maximum Gasteiger partial charge on any atom is 0.231 e. The van der Waals surface area contributed by atoms with Gasteiger partial charge >= 0.3 is 0 Å². The lowest BCUT2D eigenvalue weighted by atomic mass is 10.2. The van der Waals surface area contributed by atoms with Gasteiger partial charge in [0.25, 0.3) is 0 Å². The minimum atomic E-state index is 0.207. The van der Waals surface area contributed by atoms with Gasteiger partial charge in [0.15, 0.2) is 0 Å². The molecule has 0 aromatic heterocycles. The zero-order valence-corrected chi connectivity index (χ0v) is 9.16. The molecule has 1 unspecified atom stereocenters. The summed E-state index contributed by atoms with van der Waals surface area (Å²) in [5, 5.41) is 3.10. The Labute approximate surface area is 90.1 Å². The van der Waals surface area contributed by atoms with Gasteiger partial charge in [0, 0.05) is 18.3 Å². The molecule has 1 heterocycles. The van der Waals surface area contributed by atoms with Crippen LogP contribution in [0.25, 0.3) is 0 Å². The number of fused-ring (bicyclic) bond motifs is 1. The summed E-state index contributed by atoms with van der Waals surface area (Å²) in [4.78, 5) is 13.7. The van der Waals surface area contributed by atoms with Gasteiger partial charge in [-0.05, 0) is 25.6 Å². The van der Waals surface area contributed by atoms with Crippen LogP contribution in [0.15, 0.2) is 24.3 Å². The van der Waals surface area contributed by atoms with Crippen LogP contribution in [0.3, 0.4) is 0 Å². The van der Waals surface area contributed by atoms with Gasteiger partial charge in [0.1, 0.15) is 0 Å². The van der Waals surface area contributed by atoms with Crippen molar-refractivity contribution in [2.75, 3.05) is 18.5 Å². The van der Waals surface area contributed by atoms with Crippen molar-refractivity contribution in [3.8, 4) is 0 Å². The first-order valence-electron chi connectivity index (χ1n) is 5.28. The molecule has 1 aliphatic heterocycles. The highest BCUT2D eigenvalue weighted by molar-refractivity contribution is 6.01. The molecule has 0 bridgehead atoms. The number of hydrogen-bond acceptors (Lipinski definition) is 2. The maximum absolute atomic E-state index is 11.8. The summed E-state index contributed by atoms with van der Waals surface area (Å²) in [7, 11) is 1.91. The quantitative estimate of drug-likeness (QED) is 0.802. The number of nitrogens with zero attached hydrogens (tertiary/aromatic N) is 1. The van der Waals surface area contributed by atoms with Crippen LogP contribution in [0, 0.1) is 0 Å². The molecule has 3 heteroatoms. The molecule has 0 saturated carbocycles. The number of carbonyl (C=O) groups is 1. The highest BCUT2D eigenvalue weighted by atomic mass is 16.2. The molecule has 1 aromatic rings. The number of likely N-dealkylation sites (N-methyl/N-ethyl adjacent to an activating group) is 1. The van der Waals surface area contributed by atoms with Gasteiger partial charge in [0.2, 0.25) is 5.91 Å². The molecular formula is C12H16N2O. The number of benzene rings is 1. The average molecular weight is 204 g/mol. The summed E-state index contributed by atoms with van der Waals surface area (Å²) in [6.45, 7) is 2.89. The van der Waals surface area contributed by atoms with Crippen LogP contribution in [0.2, 0.25) is 0 Å². The van der Waals surface area contributed by atoms with E-state index in [0.717, 1.165) is 17.8 Å². The highest BCUT2D eigenvalue weighted by Crippen LogP contribution is 2.29. The van der Waals surface area contributed by atoms with Crippen molar-refractivity contribution in [3.05, 3.63) is 29.8 Å². The lowest BCUT2D eigenvalue weighted by molar-refractivity contribution is -0.117. The van der Waals surface area contributed by atoms with E-state index in [4.69, 9.17) is 0 Å². The Morgan fingerprint density at radius 2 is 2.20 bits per heavy atom. The minimum absolute atomic E-state index is 0.207. The Morgan fingerprint density at radius 1 is 1.47 bits per heavy atom. The third kappa shape index (κ3) is 1.75. The van der Waals surface area contributed by atoms with E-state index in [1.807, 2.05) is 36.2 Å². The standard InChI is InChI=1S/C12H16N2O/c1-9(8-13-2)14-11-6-4-3-5-10(11)7-12(14)15/h3-6,9,13H,7-8H2,1-2H3. The largest absolute Gasteiger partial charge is 0.318 e. The molecule has 0 fully saturated rings. The van der Waals surface area contributed by atoms with Crippen molar-refractivity contribution < 1.29 is 4.79 Å². The topological polar surface area (TPSA) is 32.3 Å². The van der Waals surface area contributed by atoms with Crippen molar-refractivity contribution in [2.45, 2.75) is 19.4 Å². The third-order valence-electron chi connectivity index (χ3n) is 2.80. The summed E-state index contributed by atoms with van der Waals surface area (Å²) >= 11 is 0. The fourth-order valence-electron chi connectivity index (χ4n) is 2.15. The molecule has 15 heavy (non-hydrogen) atoms. The molecule has 1 amide bonds. The maximum atomic E-state index is 11.8. The van der Waals surface area contributed by atoms with Crippen LogP contribution < -0.4 is 10.2 Å². The van der Waals surface area contributed by atoms with Crippen LogP contribution in [0.4, 0.5) is 5.69 Å². The first-order chi connectivity index (χ1) is 7.24. The molecule has 1 aromatic carbocycles. The van der Waals surface area contributed by atoms with Gasteiger partial charge in [-0.3, -0.25) is 4.79 Å². The van der Waals surface area contributed by atoms with Crippen LogP contribution in [-0.4, -0.2) is 25.5 Å². The number of nitrogens with one attached hydrogen (secondary N) is 1. The summed E-state index contributed by atoms with van der Waals surface area (Å²) in [5.74, 6) is 0.207. The van der Waals surface area contributed by atoms with E-state index in [9.17, 15) is 4.79 Å². The molecule has 0 spiro atoms.